The smallest absolute Gasteiger partial charge is 0.303 e. The summed E-state index contributed by atoms with van der Waals surface area (Å²) in [6.45, 7) is 5.14. The monoisotopic (exact) mass is 296 g/mol. The molecule has 0 aliphatic carbocycles. The lowest BCUT2D eigenvalue weighted by atomic mass is 9.93. The van der Waals surface area contributed by atoms with E-state index >= 15 is 0 Å². The Bertz CT molecular complexity index is 336. The predicted molar refractivity (Wildman–Crippen MR) is 83.3 cm³/mol. The van der Waals surface area contributed by atoms with E-state index in [4.69, 9.17) is 14.6 Å². The van der Waals surface area contributed by atoms with Crippen molar-refractivity contribution in [3.05, 3.63) is 24.3 Å². The van der Waals surface area contributed by atoms with E-state index in [1.54, 1.807) is 0 Å². The fourth-order valence-corrected chi connectivity index (χ4v) is 2.37. The average molecular weight is 296 g/mol. The number of unbranched alkanes of at least 4 members (excludes halogenated alkanes) is 1. The normalized spacial score (nSPS) is 22.5. The molecule has 120 valence electrons. The van der Waals surface area contributed by atoms with Crippen molar-refractivity contribution in [3.63, 3.8) is 0 Å². The van der Waals surface area contributed by atoms with Gasteiger partial charge < -0.3 is 14.6 Å². The number of hydrogen-bond acceptors (Lipinski definition) is 3. The SMILES string of the molecule is CCC=CCOC[C@@H]1COC[C@@H]1C/C=C\CCCC(=O)O. The molecule has 0 radical (unpaired) electrons. The summed E-state index contributed by atoms with van der Waals surface area (Å²) >= 11 is 0. The standard InChI is InChI=1S/C17H28O4/c1-2-3-8-11-20-13-16-14-21-12-15(16)9-6-4-5-7-10-17(18)19/h3-4,6,8,15-16H,2,5,7,9-14H2,1H3,(H,18,19)/b6-4-,8-3?/t15-,16+/m0/s1. The highest BCUT2D eigenvalue weighted by molar-refractivity contribution is 5.66. The number of aliphatic carboxylic acids is 1. The Morgan fingerprint density at radius 3 is 2.81 bits per heavy atom. The molecule has 1 fully saturated rings. The molecule has 21 heavy (non-hydrogen) atoms. The van der Waals surface area contributed by atoms with Crippen LogP contribution in [0.4, 0.5) is 0 Å². The number of carbonyl (C=O) groups is 1. The van der Waals surface area contributed by atoms with Crippen LogP contribution in [-0.4, -0.2) is 37.5 Å². The maximum atomic E-state index is 10.4. The van der Waals surface area contributed by atoms with E-state index < -0.39 is 5.97 Å². The molecule has 1 aliphatic rings. The number of hydrogen-bond donors (Lipinski definition) is 1. The first-order valence-electron chi connectivity index (χ1n) is 7.91. The molecule has 0 amide bonds. The van der Waals surface area contributed by atoms with Gasteiger partial charge in [-0.1, -0.05) is 31.2 Å². The lowest BCUT2D eigenvalue weighted by Crippen LogP contribution is -2.18. The Morgan fingerprint density at radius 2 is 2.05 bits per heavy atom. The quantitative estimate of drug-likeness (QED) is 0.469. The van der Waals surface area contributed by atoms with Crippen LogP contribution in [-0.2, 0) is 14.3 Å². The van der Waals surface area contributed by atoms with Crippen LogP contribution >= 0.6 is 0 Å². The van der Waals surface area contributed by atoms with E-state index in [-0.39, 0.29) is 6.42 Å². The summed E-state index contributed by atoms with van der Waals surface area (Å²) < 4.78 is 11.2. The third-order valence-electron chi connectivity index (χ3n) is 3.65. The van der Waals surface area contributed by atoms with Gasteiger partial charge in [-0.15, -0.1) is 0 Å². The molecule has 0 aromatic rings. The van der Waals surface area contributed by atoms with Crippen LogP contribution < -0.4 is 0 Å². The van der Waals surface area contributed by atoms with Gasteiger partial charge in [0.05, 0.1) is 26.4 Å². The highest BCUT2D eigenvalue weighted by Gasteiger charge is 2.27. The largest absolute Gasteiger partial charge is 0.481 e. The summed E-state index contributed by atoms with van der Waals surface area (Å²) in [4.78, 5) is 10.4. The highest BCUT2D eigenvalue weighted by atomic mass is 16.5. The average Bonchev–Trinajstić information content (AvgIpc) is 2.89. The predicted octanol–water partition coefficient (Wildman–Crippen LogP) is 3.43. The summed E-state index contributed by atoms with van der Waals surface area (Å²) in [5, 5.41) is 8.55. The zero-order valence-electron chi connectivity index (χ0n) is 13.0. The fraction of sp³-hybridized carbons (Fsp3) is 0.706. The first-order chi connectivity index (χ1) is 10.2. The van der Waals surface area contributed by atoms with Gasteiger partial charge in [-0.3, -0.25) is 4.79 Å². The molecule has 0 bridgehead atoms. The van der Waals surface area contributed by atoms with E-state index in [9.17, 15) is 4.79 Å². The molecule has 0 aromatic heterocycles. The zero-order valence-corrected chi connectivity index (χ0v) is 13.0. The Hall–Kier alpha value is -1.13. The molecular formula is C17H28O4. The number of carboxylic acids is 1. The minimum absolute atomic E-state index is 0.249. The van der Waals surface area contributed by atoms with Crippen molar-refractivity contribution < 1.29 is 19.4 Å². The van der Waals surface area contributed by atoms with Gasteiger partial charge in [0.2, 0.25) is 0 Å². The molecule has 0 unspecified atom stereocenters. The summed E-state index contributed by atoms with van der Waals surface area (Å²) in [7, 11) is 0. The van der Waals surface area contributed by atoms with Gasteiger partial charge in [-0.25, -0.2) is 0 Å². The molecule has 1 saturated heterocycles. The van der Waals surface area contributed by atoms with Gasteiger partial charge >= 0.3 is 5.97 Å². The van der Waals surface area contributed by atoms with Gasteiger partial charge in [0.15, 0.2) is 0 Å². The minimum atomic E-state index is -0.720. The molecule has 1 N–H and O–H groups in total. The maximum Gasteiger partial charge on any atom is 0.303 e. The molecule has 4 nitrogen and oxygen atoms in total. The van der Waals surface area contributed by atoms with Crippen LogP contribution in [0.3, 0.4) is 0 Å². The van der Waals surface area contributed by atoms with E-state index in [1.165, 1.54) is 0 Å². The Labute approximate surface area is 127 Å². The molecule has 0 spiro atoms. The van der Waals surface area contributed by atoms with Crippen LogP contribution in [0.15, 0.2) is 24.3 Å². The van der Waals surface area contributed by atoms with Gasteiger partial charge in [-0.2, -0.15) is 0 Å². The lowest BCUT2D eigenvalue weighted by Gasteiger charge is -2.15. The molecular weight excluding hydrogens is 268 g/mol. The van der Waals surface area contributed by atoms with Crippen molar-refractivity contribution in [2.75, 3.05) is 26.4 Å². The number of rotatable bonds is 11. The van der Waals surface area contributed by atoms with E-state index in [1.807, 2.05) is 0 Å². The van der Waals surface area contributed by atoms with Crippen molar-refractivity contribution in [2.45, 2.75) is 39.0 Å². The Balaban J connectivity index is 2.13. The highest BCUT2D eigenvalue weighted by Crippen LogP contribution is 2.24. The third-order valence-corrected chi connectivity index (χ3v) is 3.65. The van der Waals surface area contributed by atoms with Crippen LogP contribution in [0, 0.1) is 11.8 Å². The first kappa shape index (κ1) is 17.9. The fourth-order valence-electron chi connectivity index (χ4n) is 2.37. The van der Waals surface area contributed by atoms with Crippen LogP contribution in [0.25, 0.3) is 0 Å². The minimum Gasteiger partial charge on any atom is -0.481 e. The van der Waals surface area contributed by atoms with Crippen LogP contribution in [0.2, 0.25) is 0 Å². The Morgan fingerprint density at radius 1 is 1.24 bits per heavy atom. The van der Waals surface area contributed by atoms with E-state index in [0.29, 0.717) is 24.9 Å². The second kappa shape index (κ2) is 11.5. The lowest BCUT2D eigenvalue weighted by molar-refractivity contribution is -0.137. The molecule has 1 rings (SSSR count). The molecule has 1 aliphatic heterocycles. The van der Waals surface area contributed by atoms with Crippen molar-refractivity contribution in [1.82, 2.24) is 0 Å². The van der Waals surface area contributed by atoms with Gasteiger partial charge in [0, 0.05) is 12.3 Å². The maximum absolute atomic E-state index is 10.4. The summed E-state index contributed by atoms with van der Waals surface area (Å²) in [6.07, 6.45) is 12.3. The van der Waals surface area contributed by atoms with Gasteiger partial charge in [0.1, 0.15) is 0 Å². The molecule has 0 aromatic carbocycles. The summed E-state index contributed by atoms with van der Waals surface area (Å²) in [5.74, 6) is 0.279. The first-order valence-corrected chi connectivity index (χ1v) is 7.91. The van der Waals surface area contributed by atoms with Gasteiger partial charge in [0.25, 0.3) is 0 Å². The molecule has 2 atom stereocenters. The Kier molecular flexibility index (Phi) is 9.83. The molecule has 0 saturated carbocycles. The number of carboxylic acid groups (broad SMARTS) is 1. The zero-order chi connectivity index (χ0) is 15.3. The summed E-state index contributed by atoms with van der Waals surface area (Å²) in [6, 6.07) is 0. The van der Waals surface area contributed by atoms with Crippen LogP contribution in [0.5, 0.6) is 0 Å². The van der Waals surface area contributed by atoms with Crippen molar-refractivity contribution in [1.29, 1.82) is 0 Å². The molecule has 1 heterocycles. The van der Waals surface area contributed by atoms with Crippen molar-refractivity contribution in [3.8, 4) is 0 Å². The van der Waals surface area contributed by atoms with Crippen molar-refractivity contribution >= 4 is 5.97 Å². The number of allylic oxidation sites excluding steroid dienone is 3. The van der Waals surface area contributed by atoms with E-state index in [0.717, 1.165) is 39.1 Å². The van der Waals surface area contributed by atoms with Gasteiger partial charge in [-0.05, 0) is 31.6 Å². The second-order valence-electron chi connectivity index (χ2n) is 5.47. The van der Waals surface area contributed by atoms with E-state index in [2.05, 4.69) is 31.2 Å². The van der Waals surface area contributed by atoms with Crippen LogP contribution in [0.1, 0.15) is 39.0 Å². The van der Waals surface area contributed by atoms with Crippen molar-refractivity contribution in [2.24, 2.45) is 11.8 Å². The number of ether oxygens (including phenoxy) is 2. The second-order valence-corrected chi connectivity index (χ2v) is 5.47. The topological polar surface area (TPSA) is 55.8 Å². The summed E-state index contributed by atoms with van der Waals surface area (Å²) in [5.41, 5.74) is 0. The third kappa shape index (κ3) is 8.68. The molecule has 4 heteroatoms.